The topological polar surface area (TPSA) is 72.9 Å². The highest BCUT2D eigenvalue weighted by atomic mass is 19.4. The molecule has 1 aliphatic rings. The van der Waals surface area contributed by atoms with Gasteiger partial charge in [-0.25, -0.2) is 19.2 Å². The molecule has 0 saturated heterocycles. The zero-order valence-electron chi connectivity index (χ0n) is 14.1. The molecule has 1 aromatic carbocycles. The van der Waals surface area contributed by atoms with E-state index < -0.39 is 12.2 Å². The number of fused-ring (bicyclic) bond motifs is 4. The Morgan fingerprint density at radius 2 is 2.00 bits per heavy atom. The van der Waals surface area contributed by atoms with Crippen LogP contribution in [0.25, 0.3) is 28.1 Å². The van der Waals surface area contributed by atoms with Crippen LogP contribution in [-0.4, -0.2) is 41.6 Å². The molecular formula is C17H14F3N7. The summed E-state index contributed by atoms with van der Waals surface area (Å²) in [4.78, 5) is 8.80. The van der Waals surface area contributed by atoms with Crippen LogP contribution in [0.2, 0.25) is 0 Å². The molecule has 10 heteroatoms. The van der Waals surface area contributed by atoms with Crippen LogP contribution in [0.3, 0.4) is 0 Å². The molecule has 7 nitrogen and oxygen atoms in total. The third kappa shape index (κ3) is 2.51. The minimum absolute atomic E-state index is 0.0786. The second-order valence-electron chi connectivity index (χ2n) is 6.66. The Hall–Kier alpha value is -3.17. The average Bonchev–Trinajstić information content (AvgIpc) is 3.23. The van der Waals surface area contributed by atoms with E-state index in [1.807, 2.05) is 24.3 Å². The van der Waals surface area contributed by atoms with Crippen LogP contribution in [0.4, 0.5) is 19.0 Å². The molecule has 138 valence electrons. The number of benzene rings is 1. The summed E-state index contributed by atoms with van der Waals surface area (Å²) in [6.07, 6.45) is -2.92. The zero-order valence-corrected chi connectivity index (χ0v) is 14.1. The molecule has 3 aromatic heterocycles. The van der Waals surface area contributed by atoms with E-state index in [1.54, 1.807) is 13.0 Å². The van der Waals surface area contributed by atoms with Gasteiger partial charge in [0.1, 0.15) is 17.8 Å². The zero-order chi connectivity index (χ0) is 18.8. The van der Waals surface area contributed by atoms with Gasteiger partial charge >= 0.3 is 6.18 Å². The molecule has 2 atom stereocenters. The standard InChI is InChI=1S/C17H14F3N7/c1-9-6-13(17(18,19)20)27-14(22-9)7-12(24-27)15-23-16-10-4-2-3-5-11(10)21-8-26(16)25-15/h2-5,7-9,13,22H,6H2,1H3/t9-,13-/m0/s1. The van der Waals surface area contributed by atoms with Crippen LogP contribution in [0.1, 0.15) is 19.4 Å². The lowest BCUT2D eigenvalue weighted by molar-refractivity contribution is -0.173. The third-order valence-corrected chi connectivity index (χ3v) is 4.69. The first-order valence-corrected chi connectivity index (χ1v) is 8.43. The number of nitrogens with one attached hydrogen (secondary N) is 1. The van der Waals surface area contributed by atoms with E-state index in [0.717, 1.165) is 15.6 Å². The van der Waals surface area contributed by atoms with Crippen molar-refractivity contribution in [1.29, 1.82) is 0 Å². The first-order chi connectivity index (χ1) is 12.9. The van der Waals surface area contributed by atoms with Crippen LogP contribution in [0, 0.1) is 0 Å². The summed E-state index contributed by atoms with van der Waals surface area (Å²) < 4.78 is 42.7. The Morgan fingerprint density at radius 3 is 2.81 bits per heavy atom. The number of halogens is 3. The quantitative estimate of drug-likeness (QED) is 0.553. The van der Waals surface area contributed by atoms with Gasteiger partial charge in [-0.2, -0.15) is 18.3 Å². The van der Waals surface area contributed by atoms with E-state index in [2.05, 4.69) is 25.5 Å². The summed E-state index contributed by atoms with van der Waals surface area (Å²) in [6.45, 7) is 1.72. The molecule has 1 aliphatic heterocycles. The number of alkyl halides is 3. The van der Waals surface area contributed by atoms with E-state index in [0.29, 0.717) is 11.5 Å². The predicted octanol–water partition coefficient (Wildman–Crippen LogP) is 3.45. The second-order valence-corrected chi connectivity index (χ2v) is 6.66. The first-order valence-electron chi connectivity index (χ1n) is 8.43. The van der Waals surface area contributed by atoms with Crippen LogP contribution in [0.15, 0.2) is 36.7 Å². The summed E-state index contributed by atoms with van der Waals surface area (Å²) >= 11 is 0. The second kappa shape index (κ2) is 5.41. The minimum atomic E-state index is -4.37. The monoisotopic (exact) mass is 373 g/mol. The maximum atomic E-state index is 13.4. The first kappa shape index (κ1) is 16.0. The van der Waals surface area contributed by atoms with Crippen LogP contribution >= 0.6 is 0 Å². The molecule has 0 fully saturated rings. The number of rotatable bonds is 1. The highest BCUT2D eigenvalue weighted by Crippen LogP contribution is 2.40. The van der Waals surface area contributed by atoms with Gasteiger partial charge in [0, 0.05) is 17.5 Å². The highest BCUT2D eigenvalue weighted by Gasteiger charge is 2.45. The molecule has 5 rings (SSSR count). The Morgan fingerprint density at radius 1 is 1.19 bits per heavy atom. The molecular weight excluding hydrogens is 359 g/mol. The molecule has 4 heterocycles. The highest BCUT2D eigenvalue weighted by molar-refractivity contribution is 5.91. The molecule has 0 saturated carbocycles. The molecule has 0 aliphatic carbocycles. The fourth-order valence-corrected chi connectivity index (χ4v) is 3.46. The van der Waals surface area contributed by atoms with Crippen molar-refractivity contribution in [2.75, 3.05) is 5.32 Å². The van der Waals surface area contributed by atoms with Crippen molar-refractivity contribution in [2.24, 2.45) is 0 Å². The van der Waals surface area contributed by atoms with E-state index in [-0.39, 0.29) is 24.0 Å². The summed E-state index contributed by atoms with van der Waals surface area (Å²) in [5, 5.41) is 12.3. The molecule has 0 radical (unpaired) electrons. The van der Waals surface area contributed by atoms with Gasteiger partial charge in [-0.1, -0.05) is 12.1 Å². The molecule has 0 bridgehead atoms. The summed E-state index contributed by atoms with van der Waals surface area (Å²) in [6, 6.07) is 7.05. The number of nitrogens with zero attached hydrogens (tertiary/aromatic N) is 6. The van der Waals surface area contributed by atoms with Gasteiger partial charge in [-0.3, -0.25) is 0 Å². The van der Waals surface area contributed by atoms with Gasteiger partial charge < -0.3 is 5.32 Å². The van der Waals surface area contributed by atoms with E-state index in [9.17, 15) is 13.2 Å². The van der Waals surface area contributed by atoms with Gasteiger partial charge in [-0.15, -0.1) is 5.10 Å². The van der Waals surface area contributed by atoms with Crippen LogP contribution < -0.4 is 5.32 Å². The number of para-hydroxylation sites is 1. The lowest BCUT2D eigenvalue weighted by Crippen LogP contribution is -2.37. The number of hydrogen-bond donors (Lipinski definition) is 1. The van der Waals surface area contributed by atoms with Crippen LogP contribution in [0.5, 0.6) is 0 Å². The fourth-order valence-electron chi connectivity index (χ4n) is 3.46. The Bertz CT molecular complexity index is 1160. The van der Waals surface area contributed by atoms with Gasteiger partial charge in [0.2, 0.25) is 5.82 Å². The maximum absolute atomic E-state index is 13.4. The van der Waals surface area contributed by atoms with E-state index in [4.69, 9.17) is 0 Å². The number of anilines is 1. The number of hydrogen-bond acceptors (Lipinski definition) is 5. The number of aromatic nitrogens is 6. The fraction of sp³-hybridized carbons (Fsp3) is 0.294. The Labute approximate surface area is 150 Å². The lowest BCUT2D eigenvalue weighted by atomic mass is 10.1. The molecule has 0 spiro atoms. The van der Waals surface area contributed by atoms with Crippen molar-refractivity contribution in [3.05, 3.63) is 36.7 Å². The van der Waals surface area contributed by atoms with Gasteiger partial charge in [0.15, 0.2) is 11.7 Å². The van der Waals surface area contributed by atoms with E-state index in [1.165, 1.54) is 10.8 Å². The van der Waals surface area contributed by atoms with Crippen molar-refractivity contribution in [1.82, 2.24) is 29.4 Å². The van der Waals surface area contributed by atoms with Gasteiger partial charge in [-0.05, 0) is 25.5 Å². The lowest BCUT2D eigenvalue weighted by Gasteiger charge is -2.31. The van der Waals surface area contributed by atoms with Crippen molar-refractivity contribution in [3.63, 3.8) is 0 Å². The molecule has 4 aromatic rings. The van der Waals surface area contributed by atoms with E-state index >= 15 is 0 Å². The van der Waals surface area contributed by atoms with Crippen molar-refractivity contribution >= 4 is 22.4 Å². The van der Waals surface area contributed by atoms with Crippen molar-refractivity contribution in [2.45, 2.75) is 31.6 Å². The SMILES string of the molecule is C[C@H]1C[C@@H](C(F)(F)F)n2nc(-c3nc4c5ccccc5ncn4n3)cc2N1. The Kier molecular flexibility index (Phi) is 3.22. The van der Waals surface area contributed by atoms with Crippen molar-refractivity contribution < 1.29 is 13.2 Å². The Balaban J connectivity index is 1.65. The molecule has 1 N–H and O–H groups in total. The smallest absolute Gasteiger partial charge is 0.368 e. The molecule has 0 unspecified atom stereocenters. The summed E-state index contributed by atoms with van der Waals surface area (Å²) in [5.41, 5.74) is 1.63. The molecule has 0 amide bonds. The van der Waals surface area contributed by atoms with Gasteiger partial charge in [0.05, 0.1) is 5.52 Å². The molecule has 27 heavy (non-hydrogen) atoms. The predicted molar refractivity (Wildman–Crippen MR) is 92.3 cm³/mol. The summed E-state index contributed by atoms with van der Waals surface area (Å²) in [7, 11) is 0. The normalized spacial score (nSPS) is 20.0. The largest absolute Gasteiger partial charge is 0.410 e. The van der Waals surface area contributed by atoms with Crippen LogP contribution in [-0.2, 0) is 0 Å². The minimum Gasteiger partial charge on any atom is -0.368 e. The third-order valence-electron chi connectivity index (χ3n) is 4.69. The maximum Gasteiger partial charge on any atom is 0.410 e. The van der Waals surface area contributed by atoms with Crippen molar-refractivity contribution in [3.8, 4) is 11.5 Å². The average molecular weight is 373 g/mol. The summed E-state index contributed by atoms with van der Waals surface area (Å²) in [5.74, 6) is 0.568. The van der Waals surface area contributed by atoms with Gasteiger partial charge in [0.25, 0.3) is 0 Å².